The van der Waals surface area contributed by atoms with Crippen molar-refractivity contribution in [2.45, 2.75) is 18.0 Å². The van der Waals surface area contributed by atoms with Gasteiger partial charge >= 0.3 is 0 Å². The maximum absolute atomic E-state index is 12.2. The Hall–Kier alpha value is -1.83. The number of H-pyrrole nitrogens is 1. The molecule has 0 fully saturated rings. The van der Waals surface area contributed by atoms with Crippen LogP contribution in [0, 0.1) is 0 Å². The second kappa shape index (κ2) is 6.75. The van der Waals surface area contributed by atoms with Gasteiger partial charge in [0.1, 0.15) is 5.75 Å². The Bertz CT molecular complexity index is 695. The molecule has 0 bridgehead atoms. The number of sulfonamides is 1. The molecule has 0 atom stereocenters. The SMILES string of the molecule is CNCc1cc(S(=O)(=O)NCc2ccccc2OC)c[nH]1. The van der Waals surface area contributed by atoms with Gasteiger partial charge in [-0.3, -0.25) is 0 Å². The molecule has 0 aliphatic rings. The summed E-state index contributed by atoms with van der Waals surface area (Å²) >= 11 is 0. The molecule has 2 aromatic rings. The number of rotatable bonds is 7. The molecule has 0 saturated carbocycles. The highest BCUT2D eigenvalue weighted by Crippen LogP contribution is 2.18. The van der Waals surface area contributed by atoms with E-state index in [4.69, 9.17) is 4.74 Å². The van der Waals surface area contributed by atoms with Gasteiger partial charge in [0.15, 0.2) is 0 Å². The van der Waals surface area contributed by atoms with E-state index in [1.165, 1.54) is 6.20 Å². The van der Waals surface area contributed by atoms with Crippen molar-refractivity contribution < 1.29 is 13.2 Å². The minimum absolute atomic E-state index is 0.179. The monoisotopic (exact) mass is 309 g/mol. The van der Waals surface area contributed by atoms with Crippen LogP contribution in [0.2, 0.25) is 0 Å². The highest BCUT2D eigenvalue weighted by Gasteiger charge is 2.16. The number of methoxy groups -OCH3 is 1. The van der Waals surface area contributed by atoms with E-state index in [2.05, 4.69) is 15.0 Å². The van der Waals surface area contributed by atoms with Gasteiger partial charge < -0.3 is 15.0 Å². The van der Waals surface area contributed by atoms with Gasteiger partial charge in [-0.1, -0.05) is 18.2 Å². The van der Waals surface area contributed by atoms with Crippen molar-refractivity contribution in [3.8, 4) is 5.75 Å². The van der Waals surface area contributed by atoms with Crippen LogP contribution in [0.3, 0.4) is 0 Å². The Kier molecular flexibility index (Phi) is 5.00. The first-order chi connectivity index (χ1) is 10.1. The molecule has 1 aromatic carbocycles. The molecule has 1 heterocycles. The Morgan fingerprint density at radius 2 is 2.00 bits per heavy atom. The van der Waals surface area contributed by atoms with Crippen molar-refractivity contribution in [2.24, 2.45) is 0 Å². The lowest BCUT2D eigenvalue weighted by atomic mass is 10.2. The van der Waals surface area contributed by atoms with Crippen molar-refractivity contribution in [1.82, 2.24) is 15.0 Å². The summed E-state index contributed by atoms with van der Waals surface area (Å²) in [4.78, 5) is 3.15. The zero-order valence-corrected chi connectivity index (χ0v) is 12.8. The largest absolute Gasteiger partial charge is 0.496 e. The number of nitrogens with one attached hydrogen (secondary N) is 3. The first kappa shape index (κ1) is 15.6. The zero-order chi connectivity index (χ0) is 15.3. The molecule has 1 aromatic heterocycles. The fourth-order valence-corrected chi connectivity index (χ4v) is 3.00. The normalized spacial score (nSPS) is 11.5. The average molecular weight is 309 g/mol. The molecule has 0 radical (unpaired) electrons. The van der Waals surface area contributed by atoms with Crippen molar-refractivity contribution in [2.75, 3.05) is 14.2 Å². The van der Waals surface area contributed by atoms with E-state index in [0.29, 0.717) is 12.3 Å². The minimum Gasteiger partial charge on any atom is -0.496 e. The van der Waals surface area contributed by atoms with Gasteiger partial charge in [-0.25, -0.2) is 13.1 Å². The number of hydrogen-bond donors (Lipinski definition) is 3. The summed E-state index contributed by atoms with van der Waals surface area (Å²) in [5.41, 5.74) is 1.60. The third-order valence-electron chi connectivity index (χ3n) is 3.04. The van der Waals surface area contributed by atoms with Crippen LogP contribution in [0.5, 0.6) is 5.75 Å². The third kappa shape index (κ3) is 3.84. The summed E-state index contributed by atoms with van der Waals surface area (Å²) in [6, 6.07) is 8.91. The van der Waals surface area contributed by atoms with Crippen molar-refractivity contribution in [1.29, 1.82) is 0 Å². The van der Waals surface area contributed by atoms with Crippen LogP contribution < -0.4 is 14.8 Å². The molecule has 0 unspecified atom stereocenters. The highest BCUT2D eigenvalue weighted by molar-refractivity contribution is 7.89. The molecule has 2 rings (SSSR count). The van der Waals surface area contributed by atoms with Gasteiger partial charge in [0, 0.05) is 30.5 Å². The molecule has 21 heavy (non-hydrogen) atoms. The Morgan fingerprint density at radius 3 is 2.71 bits per heavy atom. The lowest BCUT2D eigenvalue weighted by molar-refractivity contribution is 0.409. The zero-order valence-electron chi connectivity index (χ0n) is 12.0. The van der Waals surface area contributed by atoms with Crippen LogP contribution in [0.25, 0.3) is 0 Å². The first-order valence-corrected chi connectivity index (χ1v) is 7.98. The molecule has 7 heteroatoms. The summed E-state index contributed by atoms with van der Waals surface area (Å²) < 4.78 is 32.2. The summed E-state index contributed by atoms with van der Waals surface area (Å²) in [7, 11) is -0.186. The molecule has 0 saturated heterocycles. The summed E-state index contributed by atoms with van der Waals surface area (Å²) in [6.07, 6.45) is 1.48. The Labute approximate surface area is 124 Å². The van der Waals surface area contributed by atoms with Crippen LogP contribution in [0.15, 0.2) is 41.4 Å². The third-order valence-corrected chi connectivity index (χ3v) is 4.42. The van der Waals surface area contributed by atoms with Gasteiger partial charge in [0.25, 0.3) is 0 Å². The van der Waals surface area contributed by atoms with Gasteiger partial charge in [0.05, 0.1) is 12.0 Å². The van der Waals surface area contributed by atoms with Crippen LogP contribution in [-0.2, 0) is 23.1 Å². The predicted octanol–water partition coefficient (Wildman–Crippen LogP) is 1.22. The highest BCUT2D eigenvalue weighted by atomic mass is 32.2. The summed E-state index contributed by atoms with van der Waals surface area (Å²) in [5.74, 6) is 0.658. The van der Waals surface area contributed by atoms with E-state index < -0.39 is 10.0 Å². The number of para-hydroxylation sites is 1. The fraction of sp³-hybridized carbons (Fsp3) is 0.286. The quantitative estimate of drug-likeness (QED) is 0.718. The van der Waals surface area contributed by atoms with Gasteiger partial charge in [-0.2, -0.15) is 0 Å². The number of aromatic nitrogens is 1. The van der Waals surface area contributed by atoms with E-state index in [9.17, 15) is 8.42 Å². The van der Waals surface area contributed by atoms with E-state index in [1.54, 1.807) is 26.3 Å². The smallest absolute Gasteiger partial charge is 0.242 e. The molecular weight excluding hydrogens is 290 g/mol. The van der Waals surface area contributed by atoms with E-state index in [0.717, 1.165) is 11.3 Å². The lowest BCUT2D eigenvalue weighted by Gasteiger charge is -2.09. The van der Waals surface area contributed by atoms with Crippen LogP contribution in [0.1, 0.15) is 11.3 Å². The molecular formula is C14H19N3O3S. The van der Waals surface area contributed by atoms with Crippen LogP contribution >= 0.6 is 0 Å². The maximum Gasteiger partial charge on any atom is 0.242 e. The van der Waals surface area contributed by atoms with Gasteiger partial charge in [-0.15, -0.1) is 0 Å². The van der Waals surface area contributed by atoms with Crippen LogP contribution in [0.4, 0.5) is 0 Å². The summed E-state index contributed by atoms with van der Waals surface area (Å²) in [5, 5.41) is 2.96. The Balaban J connectivity index is 2.10. The molecule has 0 amide bonds. The molecule has 114 valence electrons. The molecule has 0 aliphatic carbocycles. The second-order valence-electron chi connectivity index (χ2n) is 4.53. The average Bonchev–Trinajstić information content (AvgIpc) is 2.95. The van der Waals surface area contributed by atoms with E-state index in [-0.39, 0.29) is 11.4 Å². The van der Waals surface area contributed by atoms with Crippen molar-refractivity contribution in [3.63, 3.8) is 0 Å². The number of hydrogen-bond acceptors (Lipinski definition) is 4. The standard InChI is InChI=1S/C14H19N3O3S/c1-15-9-12-7-13(10-16-12)21(18,19)17-8-11-5-3-4-6-14(11)20-2/h3-7,10,15-17H,8-9H2,1-2H3. The lowest BCUT2D eigenvalue weighted by Crippen LogP contribution is -2.23. The first-order valence-electron chi connectivity index (χ1n) is 6.50. The maximum atomic E-state index is 12.2. The topological polar surface area (TPSA) is 83.2 Å². The molecule has 6 nitrogen and oxygen atoms in total. The van der Waals surface area contributed by atoms with E-state index >= 15 is 0 Å². The second-order valence-corrected chi connectivity index (χ2v) is 6.29. The number of aromatic amines is 1. The fourth-order valence-electron chi connectivity index (χ4n) is 1.97. The summed E-state index contributed by atoms with van der Waals surface area (Å²) in [6.45, 7) is 0.765. The number of ether oxygens (including phenoxy) is 1. The molecule has 0 aliphatic heterocycles. The van der Waals surface area contributed by atoms with E-state index in [1.807, 2.05) is 18.2 Å². The molecule has 0 spiro atoms. The molecule has 3 N–H and O–H groups in total. The predicted molar refractivity (Wildman–Crippen MR) is 80.6 cm³/mol. The van der Waals surface area contributed by atoms with Crippen molar-refractivity contribution >= 4 is 10.0 Å². The van der Waals surface area contributed by atoms with Gasteiger partial charge in [-0.05, 0) is 19.2 Å². The van der Waals surface area contributed by atoms with Crippen LogP contribution in [-0.4, -0.2) is 27.6 Å². The van der Waals surface area contributed by atoms with Gasteiger partial charge in [0.2, 0.25) is 10.0 Å². The number of benzene rings is 1. The Morgan fingerprint density at radius 1 is 1.24 bits per heavy atom. The minimum atomic E-state index is -3.55. The van der Waals surface area contributed by atoms with Crippen molar-refractivity contribution in [3.05, 3.63) is 47.8 Å².